The van der Waals surface area contributed by atoms with Gasteiger partial charge in [-0.3, -0.25) is 0 Å². The fourth-order valence-corrected chi connectivity index (χ4v) is 4.64. The molecule has 2 heterocycles. The summed E-state index contributed by atoms with van der Waals surface area (Å²) in [5.74, 6) is 1.14. The molecule has 5 heteroatoms. The Hall–Kier alpha value is -1.85. The van der Waals surface area contributed by atoms with Gasteiger partial charge in [0.15, 0.2) is 0 Å². The van der Waals surface area contributed by atoms with Crippen molar-refractivity contribution >= 4 is 9.84 Å². The standard InChI is InChI=1S/C17H17NO3S/c19-22(20,12-4-2-1-3-5-12)13-6-7-15-14-8-9-18-16(14)11-21-17(15)10-13/h1-7,10,14,16,18H,8-9,11H2. The van der Waals surface area contributed by atoms with E-state index in [1.54, 1.807) is 36.4 Å². The van der Waals surface area contributed by atoms with E-state index >= 15 is 0 Å². The maximum absolute atomic E-state index is 12.7. The van der Waals surface area contributed by atoms with Crippen LogP contribution in [-0.4, -0.2) is 27.6 Å². The van der Waals surface area contributed by atoms with Crippen molar-refractivity contribution in [3.05, 3.63) is 54.1 Å². The number of hydrogen-bond donors (Lipinski definition) is 1. The summed E-state index contributed by atoms with van der Waals surface area (Å²) < 4.78 is 31.1. The summed E-state index contributed by atoms with van der Waals surface area (Å²) in [6, 6.07) is 14.1. The van der Waals surface area contributed by atoms with Crippen LogP contribution >= 0.6 is 0 Å². The zero-order valence-corrected chi connectivity index (χ0v) is 12.8. The van der Waals surface area contributed by atoms with E-state index in [-0.39, 0.29) is 0 Å². The van der Waals surface area contributed by atoms with Crippen LogP contribution in [0.1, 0.15) is 17.9 Å². The molecule has 2 aliphatic rings. The number of nitrogens with one attached hydrogen (secondary N) is 1. The van der Waals surface area contributed by atoms with Crippen LogP contribution in [-0.2, 0) is 9.84 Å². The molecule has 0 radical (unpaired) electrons. The van der Waals surface area contributed by atoms with Crippen molar-refractivity contribution in [2.75, 3.05) is 13.2 Å². The van der Waals surface area contributed by atoms with Crippen LogP contribution in [0.4, 0.5) is 0 Å². The quantitative estimate of drug-likeness (QED) is 0.924. The van der Waals surface area contributed by atoms with Crippen molar-refractivity contribution in [1.82, 2.24) is 5.32 Å². The lowest BCUT2D eigenvalue weighted by atomic mass is 9.90. The van der Waals surface area contributed by atoms with Gasteiger partial charge in [0, 0.05) is 12.0 Å². The Morgan fingerprint density at radius 1 is 1.05 bits per heavy atom. The lowest BCUT2D eigenvalue weighted by Crippen LogP contribution is -2.35. The molecule has 1 fully saturated rings. The number of hydrogen-bond acceptors (Lipinski definition) is 4. The second-order valence-corrected chi connectivity index (χ2v) is 7.73. The summed E-state index contributed by atoms with van der Waals surface area (Å²) in [5.41, 5.74) is 1.12. The van der Waals surface area contributed by atoms with E-state index in [1.807, 2.05) is 12.1 Å². The highest BCUT2D eigenvalue weighted by atomic mass is 32.2. The van der Waals surface area contributed by atoms with Crippen molar-refractivity contribution in [3.63, 3.8) is 0 Å². The van der Waals surface area contributed by atoms with Crippen LogP contribution in [0.3, 0.4) is 0 Å². The van der Waals surface area contributed by atoms with Crippen molar-refractivity contribution in [3.8, 4) is 5.75 Å². The van der Waals surface area contributed by atoms with Gasteiger partial charge in [0.25, 0.3) is 0 Å². The zero-order valence-electron chi connectivity index (χ0n) is 12.0. The monoisotopic (exact) mass is 315 g/mol. The van der Waals surface area contributed by atoms with Gasteiger partial charge in [-0.2, -0.15) is 0 Å². The first-order valence-electron chi connectivity index (χ1n) is 7.46. The Morgan fingerprint density at radius 3 is 2.68 bits per heavy atom. The van der Waals surface area contributed by atoms with Gasteiger partial charge in [0.05, 0.1) is 9.79 Å². The predicted molar refractivity (Wildman–Crippen MR) is 83.0 cm³/mol. The van der Waals surface area contributed by atoms with Gasteiger partial charge in [-0.15, -0.1) is 0 Å². The summed E-state index contributed by atoms with van der Waals surface area (Å²) in [7, 11) is -3.49. The van der Waals surface area contributed by atoms with Crippen molar-refractivity contribution in [2.45, 2.75) is 28.2 Å². The molecule has 0 amide bonds. The highest BCUT2D eigenvalue weighted by molar-refractivity contribution is 7.91. The maximum atomic E-state index is 12.7. The average Bonchev–Trinajstić information content (AvgIpc) is 3.04. The van der Waals surface area contributed by atoms with Crippen LogP contribution in [0, 0.1) is 0 Å². The summed E-state index contributed by atoms with van der Waals surface area (Å²) in [4.78, 5) is 0.605. The fraction of sp³-hybridized carbons (Fsp3) is 0.294. The summed E-state index contributed by atoms with van der Waals surface area (Å²) in [6.45, 7) is 1.59. The molecule has 2 aromatic carbocycles. The molecular weight excluding hydrogens is 298 g/mol. The normalized spacial score (nSPS) is 23.5. The minimum Gasteiger partial charge on any atom is -0.492 e. The van der Waals surface area contributed by atoms with Gasteiger partial charge in [-0.1, -0.05) is 24.3 Å². The topological polar surface area (TPSA) is 55.4 Å². The van der Waals surface area contributed by atoms with Gasteiger partial charge in [0.1, 0.15) is 12.4 Å². The molecule has 0 aliphatic carbocycles. The zero-order chi connectivity index (χ0) is 15.2. The fourth-order valence-electron chi connectivity index (χ4n) is 3.34. The van der Waals surface area contributed by atoms with E-state index in [2.05, 4.69) is 5.32 Å². The summed E-state index contributed by atoms with van der Waals surface area (Å²) in [5, 5.41) is 3.43. The van der Waals surface area contributed by atoms with Crippen molar-refractivity contribution in [2.24, 2.45) is 0 Å². The lowest BCUT2D eigenvalue weighted by Gasteiger charge is -2.28. The van der Waals surface area contributed by atoms with Crippen LogP contribution < -0.4 is 10.1 Å². The second-order valence-electron chi connectivity index (χ2n) is 5.78. The molecule has 0 saturated carbocycles. The third kappa shape index (κ3) is 2.12. The molecule has 0 bridgehead atoms. The van der Waals surface area contributed by atoms with Gasteiger partial charge >= 0.3 is 0 Å². The molecule has 114 valence electrons. The molecule has 1 N–H and O–H groups in total. The summed E-state index contributed by atoms with van der Waals surface area (Å²) >= 11 is 0. The second kappa shape index (κ2) is 5.11. The molecule has 4 rings (SSSR count). The minimum absolute atomic E-state index is 0.293. The smallest absolute Gasteiger partial charge is 0.206 e. The maximum Gasteiger partial charge on any atom is 0.206 e. The molecule has 0 aromatic heterocycles. The summed E-state index contributed by atoms with van der Waals surface area (Å²) in [6.07, 6.45) is 1.08. The molecular formula is C17H17NO3S. The number of fused-ring (bicyclic) bond motifs is 3. The van der Waals surface area contributed by atoms with Gasteiger partial charge < -0.3 is 10.1 Å². The minimum atomic E-state index is -3.49. The Labute approximate surface area is 130 Å². The molecule has 1 saturated heterocycles. The third-order valence-corrected chi connectivity index (χ3v) is 6.28. The van der Waals surface area contributed by atoms with E-state index in [0.717, 1.165) is 18.5 Å². The highest BCUT2D eigenvalue weighted by Crippen LogP contribution is 2.40. The Morgan fingerprint density at radius 2 is 1.86 bits per heavy atom. The predicted octanol–water partition coefficient (Wildman–Crippen LogP) is 2.36. The van der Waals surface area contributed by atoms with Crippen molar-refractivity contribution < 1.29 is 13.2 Å². The number of ether oxygens (including phenoxy) is 1. The van der Waals surface area contributed by atoms with E-state index in [1.165, 1.54) is 0 Å². The molecule has 22 heavy (non-hydrogen) atoms. The van der Waals surface area contributed by atoms with Crippen LogP contribution in [0.5, 0.6) is 5.75 Å². The first-order valence-corrected chi connectivity index (χ1v) is 8.95. The van der Waals surface area contributed by atoms with E-state index < -0.39 is 9.84 Å². The third-order valence-electron chi connectivity index (χ3n) is 4.51. The molecule has 2 atom stereocenters. The first-order chi connectivity index (χ1) is 10.7. The average molecular weight is 315 g/mol. The first kappa shape index (κ1) is 13.8. The van der Waals surface area contributed by atoms with E-state index in [4.69, 9.17) is 4.74 Å². The lowest BCUT2D eigenvalue weighted by molar-refractivity contribution is 0.238. The van der Waals surface area contributed by atoms with Gasteiger partial charge in [-0.05, 0) is 42.8 Å². The van der Waals surface area contributed by atoms with Gasteiger partial charge in [0.2, 0.25) is 9.84 Å². The number of benzene rings is 2. The largest absolute Gasteiger partial charge is 0.492 e. The van der Waals surface area contributed by atoms with E-state index in [9.17, 15) is 8.42 Å². The van der Waals surface area contributed by atoms with Gasteiger partial charge in [-0.25, -0.2) is 8.42 Å². The van der Waals surface area contributed by atoms with Crippen LogP contribution in [0.15, 0.2) is 58.3 Å². The molecule has 4 nitrogen and oxygen atoms in total. The van der Waals surface area contributed by atoms with Crippen LogP contribution in [0.2, 0.25) is 0 Å². The Kier molecular flexibility index (Phi) is 3.20. The molecule has 2 unspecified atom stereocenters. The molecule has 2 aliphatic heterocycles. The highest BCUT2D eigenvalue weighted by Gasteiger charge is 2.35. The molecule has 2 aromatic rings. The molecule has 0 spiro atoms. The SMILES string of the molecule is O=S(=O)(c1ccccc1)c1ccc2c(c1)OCC1NCCC21. The number of rotatable bonds is 2. The van der Waals surface area contributed by atoms with E-state index in [0.29, 0.717) is 34.1 Å². The number of sulfone groups is 1. The van der Waals surface area contributed by atoms with Crippen molar-refractivity contribution in [1.29, 1.82) is 0 Å². The van der Waals surface area contributed by atoms with Crippen LogP contribution in [0.25, 0.3) is 0 Å². The Balaban J connectivity index is 1.76. The Bertz CT molecular complexity index is 802.